The summed E-state index contributed by atoms with van der Waals surface area (Å²) in [6.07, 6.45) is 0. The summed E-state index contributed by atoms with van der Waals surface area (Å²) in [6.45, 7) is 0. The van der Waals surface area contributed by atoms with Crippen LogP contribution in [0.5, 0.6) is 5.75 Å². The van der Waals surface area contributed by atoms with Crippen molar-refractivity contribution in [2.45, 2.75) is 6.04 Å². The molecule has 0 spiro atoms. The van der Waals surface area contributed by atoms with Crippen LogP contribution in [0, 0.1) is 0 Å². The summed E-state index contributed by atoms with van der Waals surface area (Å²) in [5, 5.41) is 11.2. The van der Waals surface area contributed by atoms with E-state index in [1.54, 1.807) is 42.5 Å². The minimum Gasteiger partial charge on any atom is -0.496 e. The molecule has 0 saturated carbocycles. The highest BCUT2D eigenvalue weighted by Crippen LogP contribution is 2.30. The van der Waals surface area contributed by atoms with Gasteiger partial charge >= 0.3 is 5.97 Å². The Morgan fingerprint density at radius 1 is 1.12 bits per heavy atom. The van der Waals surface area contributed by atoms with Crippen LogP contribution in [-0.2, 0) is 14.9 Å². The van der Waals surface area contributed by atoms with E-state index in [-0.39, 0.29) is 11.3 Å². The van der Waals surface area contributed by atoms with Crippen molar-refractivity contribution in [1.29, 1.82) is 0 Å². The van der Waals surface area contributed by atoms with E-state index in [0.717, 1.165) is 0 Å². The monoisotopic (exact) mass is 379 g/mol. The van der Waals surface area contributed by atoms with Gasteiger partial charge in [0.1, 0.15) is 17.5 Å². The number of rotatable bonds is 7. The first kappa shape index (κ1) is 19.4. The third-order valence-electron chi connectivity index (χ3n) is 3.54. The highest BCUT2D eigenvalue weighted by atomic mass is 32.2. The molecule has 26 heavy (non-hydrogen) atoms. The molecule has 0 aliphatic carbocycles. The van der Waals surface area contributed by atoms with E-state index in [1.807, 2.05) is 0 Å². The molecular formula is C17H17NO7S. The van der Waals surface area contributed by atoms with Gasteiger partial charge in [-0.1, -0.05) is 42.5 Å². The Balaban J connectivity index is 2.46. The van der Waals surface area contributed by atoms with E-state index in [1.165, 1.54) is 13.2 Å². The number of carboxylic acid groups (broad SMARTS) is 1. The second-order valence-corrected chi connectivity index (χ2v) is 6.86. The fraction of sp³-hybridized carbons (Fsp3) is 0.176. The largest absolute Gasteiger partial charge is 0.496 e. The molecule has 0 bridgehead atoms. The molecule has 0 radical (unpaired) electrons. The van der Waals surface area contributed by atoms with Crippen LogP contribution in [0.2, 0.25) is 0 Å². The molecule has 2 rings (SSSR count). The number of aliphatic carboxylic acids is 1. The van der Waals surface area contributed by atoms with Gasteiger partial charge in [0.05, 0.1) is 12.7 Å². The Morgan fingerprint density at radius 3 is 2.31 bits per heavy atom. The lowest BCUT2D eigenvalue weighted by atomic mass is 9.98. The molecule has 0 heterocycles. The van der Waals surface area contributed by atoms with Crippen molar-refractivity contribution >= 4 is 22.0 Å². The first-order valence-corrected chi connectivity index (χ1v) is 9.05. The predicted molar refractivity (Wildman–Crippen MR) is 93.7 cm³/mol. The maximum atomic E-state index is 12.7. The van der Waals surface area contributed by atoms with Crippen LogP contribution in [0.4, 0.5) is 0 Å². The van der Waals surface area contributed by atoms with Crippen LogP contribution in [0.3, 0.4) is 0 Å². The molecule has 138 valence electrons. The quantitative estimate of drug-likeness (QED) is 0.621. The second-order valence-electron chi connectivity index (χ2n) is 5.36. The number of hydrogen-bond acceptors (Lipinski definition) is 5. The number of amides is 1. The van der Waals surface area contributed by atoms with Crippen molar-refractivity contribution in [3.05, 3.63) is 54.1 Å². The Kier molecular flexibility index (Phi) is 5.96. The molecule has 2 aromatic rings. The number of carbonyl (C=O) groups excluding carboxylic acids is 1. The van der Waals surface area contributed by atoms with E-state index >= 15 is 0 Å². The van der Waals surface area contributed by atoms with E-state index in [4.69, 9.17) is 14.4 Å². The Hall–Kier alpha value is -2.91. The minimum absolute atomic E-state index is 0.0581. The van der Waals surface area contributed by atoms with Crippen LogP contribution in [0.15, 0.2) is 48.5 Å². The van der Waals surface area contributed by atoms with Gasteiger partial charge in [-0.15, -0.1) is 0 Å². The van der Waals surface area contributed by atoms with E-state index < -0.39 is 33.8 Å². The van der Waals surface area contributed by atoms with Crippen molar-refractivity contribution < 1.29 is 32.4 Å². The van der Waals surface area contributed by atoms with E-state index in [2.05, 4.69) is 5.32 Å². The van der Waals surface area contributed by atoms with Crippen molar-refractivity contribution in [2.75, 3.05) is 12.9 Å². The molecule has 0 saturated heterocycles. The van der Waals surface area contributed by atoms with Crippen LogP contribution >= 0.6 is 0 Å². The fourth-order valence-corrected chi connectivity index (χ4v) is 3.06. The van der Waals surface area contributed by atoms with Crippen LogP contribution < -0.4 is 10.1 Å². The lowest BCUT2D eigenvalue weighted by molar-refractivity contribution is -0.138. The average Bonchev–Trinajstić information content (AvgIpc) is 2.59. The Morgan fingerprint density at radius 2 is 1.77 bits per heavy atom. The number of carboxylic acids is 1. The zero-order valence-corrected chi connectivity index (χ0v) is 14.6. The van der Waals surface area contributed by atoms with Crippen molar-refractivity contribution in [2.24, 2.45) is 0 Å². The third-order valence-corrected chi connectivity index (χ3v) is 4.29. The van der Waals surface area contributed by atoms with Gasteiger partial charge in [-0.05, 0) is 17.2 Å². The molecule has 0 fully saturated rings. The van der Waals surface area contributed by atoms with Crippen LogP contribution in [0.1, 0.15) is 10.4 Å². The SMILES string of the molecule is COc1cccc(-c2ccccc2)c1C(=O)N[C@@H](CS(=O)(=O)O)C(=O)O. The number of methoxy groups -OCH3 is 1. The predicted octanol–water partition coefficient (Wildman–Crippen LogP) is 1.43. The van der Waals surface area contributed by atoms with Gasteiger partial charge in [0.15, 0.2) is 0 Å². The molecule has 2 aromatic carbocycles. The molecule has 1 atom stereocenters. The van der Waals surface area contributed by atoms with E-state index in [0.29, 0.717) is 11.1 Å². The first-order chi connectivity index (χ1) is 12.2. The molecule has 1 amide bonds. The molecule has 0 aliphatic rings. The van der Waals surface area contributed by atoms with Crippen molar-refractivity contribution in [1.82, 2.24) is 5.32 Å². The Bertz CT molecular complexity index is 910. The normalized spacial score (nSPS) is 12.2. The van der Waals surface area contributed by atoms with Crippen LogP contribution in [0.25, 0.3) is 11.1 Å². The molecule has 0 unspecified atom stereocenters. The second kappa shape index (κ2) is 7.98. The maximum Gasteiger partial charge on any atom is 0.327 e. The summed E-state index contributed by atoms with van der Waals surface area (Å²) >= 11 is 0. The Labute approximate surface area is 150 Å². The van der Waals surface area contributed by atoms with Gasteiger partial charge in [0, 0.05) is 0 Å². The maximum absolute atomic E-state index is 12.7. The molecule has 0 aromatic heterocycles. The standard InChI is InChI=1S/C17H17NO7S/c1-25-14-9-5-8-12(11-6-3-2-4-7-11)15(14)16(19)18-13(17(20)21)10-26(22,23)24/h2-9,13H,10H2,1H3,(H,18,19)(H,20,21)(H,22,23,24)/t13-/m0/s1. The van der Waals surface area contributed by atoms with Gasteiger partial charge in [-0.2, -0.15) is 8.42 Å². The van der Waals surface area contributed by atoms with Gasteiger partial charge in [-0.25, -0.2) is 4.79 Å². The molecule has 3 N–H and O–H groups in total. The van der Waals surface area contributed by atoms with Crippen molar-refractivity contribution in [3.63, 3.8) is 0 Å². The first-order valence-electron chi connectivity index (χ1n) is 7.44. The zero-order chi connectivity index (χ0) is 19.3. The smallest absolute Gasteiger partial charge is 0.327 e. The summed E-state index contributed by atoms with van der Waals surface area (Å²) in [6, 6.07) is 11.9. The molecular weight excluding hydrogens is 362 g/mol. The number of carbonyl (C=O) groups is 2. The molecule has 0 aliphatic heterocycles. The average molecular weight is 379 g/mol. The lowest BCUT2D eigenvalue weighted by Crippen LogP contribution is -2.45. The number of nitrogens with one attached hydrogen (secondary N) is 1. The van der Waals surface area contributed by atoms with Gasteiger partial charge in [0.25, 0.3) is 16.0 Å². The van der Waals surface area contributed by atoms with E-state index in [9.17, 15) is 18.0 Å². The zero-order valence-electron chi connectivity index (χ0n) is 13.7. The third kappa shape index (κ3) is 4.80. The summed E-state index contributed by atoms with van der Waals surface area (Å²) in [7, 11) is -3.25. The minimum atomic E-state index is -4.60. The summed E-state index contributed by atoms with van der Waals surface area (Å²) in [5.74, 6) is -3.38. The van der Waals surface area contributed by atoms with Gasteiger partial charge < -0.3 is 15.2 Å². The number of ether oxygens (including phenoxy) is 1. The summed E-state index contributed by atoms with van der Waals surface area (Å²) in [5.41, 5.74) is 1.24. The molecule has 8 nitrogen and oxygen atoms in total. The fourth-order valence-electron chi connectivity index (χ4n) is 2.41. The molecule has 9 heteroatoms. The topological polar surface area (TPSA) is 130 Å². The number of benzene rings is 2. The number of hydrogen-bond donors (Lipinski definition) is 3. The highest BCUT2D eigenvalue weighted by molar-refractivity contribution is 7.85. The van der Waals surface area contributed by atoms with Gasteiger partial charge in [-0.3, -0.25) is 9.35 Å². The highest BCUT2D eigenvalue weighted by Gasteiger charge is 2.28. The van der Waals surface area contributed by atoms with Gasteiger partial charge in [0.2, 0.25) is 0 Å². The summed E-state index contributed by atoms with van der Waals surface area (Å²) < 4.78 is 36.1. The van der Waals surface area contributed by atoms with Crippen LogP contribution in [-0.4, -0.2) is 48.9 Å². The van der Waals surface area contributed by atoms with Crippen molar-refractivity contribution in [3.8, 4) is 16.9 Å². The summed E-state index contributed by atoms with van der Waals surface area (Å²) in [4.78, 5) is 23.9. The lowest BCUT2D eigenvalue weighted by Gasteiger charge is -2.17.